The number of hydrogen-bond acceptors (Lipinski definition) is 6. The lowest BCUT2D eigenvalue weighted by atomic mass is 10.3. The Bertz CT molecular complexity index is 629. The van der Waals surface area contributed by atoms with Gasteiger partial charge in [-0.25, -0.2) is 9.97 Å². The molecular weight excluding hydrogens is 305 g/mol. The van der Waals surface area contributed by atoms with E-state index in [4.69, 9.17) is 4.74 Å². The summed E-state index contributed by atoms with van der Waals surface area (Å²) in [4.78, 5) is 9.14. The monoisotopic (exact) mass is 318 g/mol. The maximum atomic E-state index is 12.8. The molecule has 0 N–H and O–H groups in total. The molecule has 21 heavy (non-hydrogen) atoms. The summed E-state index contributed by atoms with van der Waals surface area (Å²) >= 11 is 1.22. The van der Waals surface area contributed by atoms with Gasteiger partial charge in [0.1, 0.15) is 5.69 Å². The molecule has 0 unspecified atom stereocenters. The minimum atomic E-state index is -4.50. The minimum absolute atomic E-state index is 0.00979. The van der Waals surface area contributed by atoms with Gasteiger partial charge in [-0.3, -0.25) is 0 Å². The van der Waals surface area contributed by atoms with Crippen LogP contribution in [0.25, 0.3) is 0 Å². The molecule has 0 saturated carbocycles. The predicted molar refractivity (Wildman–Crippen MR) is 72.5 cm³/mol. The summed E-state index contributed by atoms with van der Waals surface area (Å²) < 4.78 is 47.4. The highest BCUT2D eigenvalue weighted by molar-refractivity contribution is 7.03. The Hall–Kier alpha value is -1.90. The number of halogens is 3. The number of anilines is 1. The number of rotatable bonds is 4. The van der Waals surface area contributed by atoms with Gasteiger partial charge >= 0.3 is 6.18 Å². The smallest absolute Gasteiger partial charge is 0.433 e. The lowest BCUT2D eigenvalue weighted by Crippen LogP contribution is -2.21. The van der Waals surface area contributed by atoms with E-state index in [0.717, 1.165) is 11.6 Å². The van der Waals surface area contributed by atoms with Gasteiger partial charge in [0.05, 0.1) is 13.7 Å². The SMILES string of the molecule is COc1nscc1CN(C)c1nc(C)cc(C(F)(F)F)n1. The Balaban J connectivity index is 2.27. The number of hydrogen-bond donors (Lipinski definition) is 0. The molecule has 2 aromatic heterocycles. The van der Waals surface area contributed by atoms with Gasteiger partial charge in [-0.1, -0.05) is 0 Å². The van der Waals surface area contributed by atoms with E-state index in [1.165, 1.54) is 30.5 Å². The van der Waals surface area contributed by atoms with Crippen molar-refractivity contribution in [3.8, 4) is 5.88 Å². The van der Waals surface area contributed by atoms with E-state index in [0.29, 0.717) is 12.4 Å². The predicted octanol–water partition coefficient (Wildman–Crippen LogP) is 2.91. The van der Waals surface area contributed by atoms with Crippen LogP contribution in [0.2, 0.25) is 0 Å². The highest BCUT2D eigenvalue weighted by Crippen LogP contribution is 2.29. The van der Waals surface area contributed by atoms with Crippen LogP contribution in [0.15, 0.2) is 11.4 Å². The van der Waals surface area contributed by atoms with Crippen molar-refractivity contribution in [3.05, 3.63) is 28.4 Å². The van der Waals surface area contributed by atoms with E-state index in [1.54, 1.807) is 12.4 Å². The van der Waals surface area contributed by atoms with Crippen LogP contribution in [0, 0.1) is 6.92 Å². The first-order chi connectivity index (χ1) is 9.81. The van der Waals surface area contributed by atoms with Gasteiger partial charge in [0.15, 0.2) is 0 Å². The van der Waals surface area contributed by atoms with Crippen LogP contribution < -0.4 is 9.64 Å². The molecular formula is C12H13F3N4OS. The third-order valence-electron chi connectivity index (χ3n) is 2.68. The average Bonchev–Trinajstić information content (AvgIpc) is 2.84. The van der Waals surface area contributed by atoms with Gasteiger partial charge in [0.25, 0.3) is 0 Å². The second kappa shape index (κ2) is 5.84. The van der Waals surface area contributed by atoms with Crippen molar-refractivity contribution in [2.24, 2.45) is 0 Å². The molecule has 5 nitrogen and oxygen atoms in total. The number of aromatic nitrogens is 3. The number of ether oxygens (including phenoxy) is 1. The molecule has 0 aromatic carbocycles. The first-order valence-electron chi connectivity index (χ1n) is 5.92. The van der Waals surface area contributed by atoms with Crippen LogP contribution in [0.3, 0.4) is 0 Å². The molecule has 0 amide bonds. The lowest BCUT2D eigenvalue weighted by Gasteiger charge is -2.18. The normalized spacial score (nSPS) is 11.5. The molecule has 0 radical (unpaired) electrons. The molecule has 0 atom stereocenters. The highest BCUT2D eigenvalue weighted by Gasteiger charge is 2.33. The van der Waals surface area contributed by atoms with Crippen LogP contribution in [0.1, 0.15) is 17.0 Å². The fourth-order valence-corrected chi connectivity index (χ4v) is 2.36. The van der Waals surface area contributed by atoms with E-state index in [1.807, 2.05) is 0 Å². The van der Waals surface area contributed by atoms with Gasteiger partial charge in [-0.2, -0.15) is 17.5 Å². The van der Waals surface area contributed by atoms with E-state index < -0.39 is 11.9 Å². The van der Waals surface area contributed by atoms with E-state index >= 15 is 0 Å². The summed E-state index contributed by atoms with van der Waals surface area (Å²) in [6.07, 6.45) is -4.50. The topological polar surface area (TPSA) is 51.1 Å². The molecule has 0 aliphatic rings. The van der Waals surface area contributed by atoms with Crippen molar-refractivity contribution in [2.45, 2.75) is 19.6 Å². The number of nitrogens with zero attached hydrogens (tertiary/aromatic N) is 4. The average molecular weight is 318 g/mol. The number of methoxy groups -OCH3 is 1. The molecule has 0 bridgehead atoms. The fraction of sp³-hybridized carbons (Fsp3) is 0.417. The maximum Gasteiger partial charge on any atom is 0.433 e. The van der Waals surface area contributed by atoms with Crippen LogP contribution >= 0.6 is 11.5 Å². The van der Waals surface area contributed by atoms with Gasteiger partial charge in [0.2, 0.25) is 11.8 Å². The Kier molecular flexibility index (Phi) is 4.31. The van der Waals surface area contributed by atoms with Crippen molar-refractivity contribution in [3.63, 3.8) is 0 Å². The first kappa shape index (κ1) is 15.5. The van der Waals surface area contributed by atoms with E-state index in [2.05, 4.69) is 14.3 Å². The summed E-state index contributed by atoms with van der Waals surface area (Å²) in [5.74, 6) is 0.464. The minimum Gasteiger partial charge on any atom is -0.480 e. The number of alkyl halides is 3. The first-order valence-corrected chi connectivity index (χ1v) is 6.76. The zero-order valence-corrected chi connectivity index (χ0v) is 12.4. The molecule has 114 valence electrons. The lowest BCUT2D eigenvalue weighted by molar-refractivity contribution is -0.141. The summed E-state index contributed by atoms with van der Waals surface area (Å²) in [6, 6.07) is 0.921. The third-order valence-corrected chi connectivity index (χ3v) is 3.34. The van der Waals surface area contributed by atoms with Crippen LogP contribution in [0.5, 0.6) is 5.88 Å². The highest BCUT2D eigenvalue weighted by atomic mass is 32.1. The summed E-state index contributed by atoms with van der Waals surface area (Å²) in [7, 11) is 3.11. The molecule has 2 heterocycles. The van der Waals surface area contributed by atoms with Crippen LogP contribution in [0.4, 0.5) is 19.1 Å². The molecule has 0 saturated heterocycles. The fourth-order valence-electron chi connectivity index (χ4n) is 1.72. The van der Waals surface area contributed by atoms with Crippen molar-refractivity contribution >= 4 is 17.5 Å². The largest absolute Gasteiger partial charge is 0.480 e. The van der Waals surface area contributed by atoms with Crippen LogP contribution in [-0.4, -0.2) is 28.5 Å². The molecule has 0 aliphatic heterocycles. The second-order valence-electron chi connectivity index (χ2n) is 4.40. The Labute approximate surface area is 123 Å². The van der Waals surface area contributed by atoms with Crippen molar-refractivity contribution < 1.29 is 17.9 Å². The van der Waals surface area contributed by atoms with E-state index in [-0.39, 0.29) is 11.6 Å². The molecule has 2 rings (SSSR count). The van der Waals surface area contributed by atoms with Crippen molar-refractivity contribution in [2.75, 3.05) is 19.1 Å². The van der Waals surface area contributed by atoms with Gasteiger partial charge < -0.3 is 9.64 Å². The zero-order chi connectivity index (χ0) is 15.6. The zero-order valence-electron chi connectivity index (χ0n) is 11.6. The summed E-state index contributed by atoms with van der Waals surface area (Å²) in [5.41, 5.74) is 0.0745. The third kappa shape index (κ3) is 3.60. The maximum absolute atomic E-state index is 12.8. The van der Waals surface area contributed by atoms with Gasteiger partial charge in [0, 0.05) is 23.7 Å². The molecule has 2 aromatic rings. The quantitative estimate of drug-likeness (QED) is 0.867. The molecule has 0 fully saturated rings. The Morgan fingerprint density at radius 2 is 2.05 bits per heavy atom. The van der Waals surface area contributed by atoms with Gasteiger partial charge in [-0.05, 0) is 24.5 Å². The van der Waals surface area contributed by atoms with Crippen molar-refractivity contribution in [1.82, 2.24) is 14.3 Å². The molecule has 0 spiro atoms. The Morgan fingerprint density at radius 3 is 2.67 bits per heavy atom. The van der Waals surface area contributed by atoms with Crippen molar-refractivity contribution in [1.29, 1.82) is 0 Å². The summed E-state index contributed by atoms with van der Waals surface area (Å²) in [6.45, 7) is 1.81. The molecule has 0 aliphatic carbocycles. The standard InChI is InChI=1S/C12H13F3N4OS/c1-7-4-9(12(13,14)15)17-11(16-7)19(2)5-8-6-21-18-10(8)20-3/h4,6H,5H2,1-3H3. The number of aryl methyl sites for hydroxylation is 1. The molecule has 9 heteroatoms. The van der Waals surface area contributed by atoms with Crippen LogP contribution in [-0.2, 0) is 12.7 Å². The van der Waals surface area contributed by atoms with E-state index in [9.17, 15) is 13.2 Å². The van der Waals surface area contributed by atoms with Gasteiger partial charge in [-0.15, -0.1) is 0 Å². The Morgan fingerprint density at radius 1 is 1.33 bits per heavy atom. The second-order valence-corrected chi connectivity index (χ2v) is 5.03. The summed E-state index contributed by atoms with van der Waals surface area (Å²) in [5, 5.41) is 1.77.